The third-order valence-electron chi connectivity index (χ3n) is 2.54. The first-order valence-electron chi connectivity index (χ1n) is 5.16. The first-order valence-corrected chi connectivity index (χ1v) is 5.70. The molecule has 1 aromatic carbocycles. The van der Waals surface area contributed by atoms with Crippen LogP contribution in [0.5, 0.6) is 5.75 Å². The Morgan fingerprint density at radius 3 is 2.62 bits per heavy atom. The number of methoxy groups -OCH3 is 1. The third-order valence-corrected chi connectivity index (χ3v) is 2.76. The van der Waals surface area contributed by atoms with Crippen LogP contribution in [0.3, 0.4) is 0 Å². The van der Waals surface area contributed by atoms with E-state index in [2.05, 4.69) is 0 Å². The highest BCUT2D eigenvalue weighted by atomic mass is 35.5. The van der Waals surface area contributed by atoms with Crippen molar-refractivity contribution in [3.05, 3.63) is 29.3 Å². The molecule has 16 heavy (non-hydrogen) atoms. The van der Waals surface area contributed by atoms with Crippen molar-refractivity contribution < 1.29 is 14.9 Å². The monoisotopic (exact) mass is 244 g/mol. The zero-order chi connectivity index (χ0) is 12.1. The van der Waals surface area contributed by atoms with E-state index in [-0.39, 0.29) is 0 Å². The van der Waals surface area contributed by atoms with Crippen molar-refractivity contribution in [2.45, 2.75) is 25.6 Å². The lowest BCUT2D eigenvalue weighted by molar-refractivity contribution is 0.0169. The van der Waals surface area contributed by atoms with E-state index in [1.807, 2.05) is 13.0 Å². The Balaban J connectivity index is 2.87. The number of aryl methyl sites for hydroxylation is 1. The van der Waals surface area contributed by atoms with Crippen molar-refractivity contribution in [1.82, 2.24) is 0 Å². The van der Waals surface area contributed by atoms with E-state index in [0.717, 1.165) is 5.56 Å². The van der Waals surface area contributed by atoms with Gasteiger partial charge in [0, 0.05) is 5.88 Å². The van der Waals surface area contributed by atoms with Gasteiger partial charge in [-0.05, 0) is 30.5 Å². The quantitative estimate of drug-likeness (QED) is 0.780. The molecule has 2 unspecified atom stereocenters. The second-order valence-electron chi connectivity index (χ2n) is 3.72. The molecule has 0 bridgehead atoms. The van der Waals surface area contributed by atoms with Gasteiger partial charge in [-0.25, -0.2) is 0 Å². The number of alkyl halides is 1. The number of hydrogen-bond acceptors (Lipinski definition) is 3. The van der Waals surface area contributed by atoms with Crippen LogP contribution in [0.1, 0.15) is 23.7 Å². The Bertz CT molecular complexity index is 341. The van der Waals surface area contributed by atoms with Crippen LogP contribution in [0.15, 0.2) is 18.2 Å². The minimum absolute atomic E-state index is 0.321. The average molecular weight is 245 g/mol. The van der Waals surface area contributed by atoms with E-state index >= 15 is 0 Å². The molecule has 0 aliphatic heterocycles. The molecule has 90 valence electrons. The summed E-state index contributed by atoms with van der Waals surface area (Å²) in [7, 11) is 1.58. The van der Waals surface area contributed by atoms with E-state index in [1.165, 1.54) is 0 Å². The zero-order valence-corrected chi connectivity index (χ0v) is 10.2. The molecule has 0 spiro atoms. The molecular weight excluding hydrogens is 228 g/mol. The number of aliphatic hydroxyl groups is 2. The SMILES string of the molecule is COc1cc(C(O)C(O)CCCl)ccc1C. The van der Waals surface area contributed by atoms with Crippen LogP contribution in [0.2, 0.25) is 0 Å². The van der Waals surface area contributed by atoms with E-state index in [1.54, 1.807) is 19.2 Å². The number of rotatable bonds is 5. The van der Waals surface area contributed by atoms with Crippen molar-refractivity contribution in [3.8, 4) is 5.75 Å². The molecule has 0 heterocycles. The Morgan fingerprint density at radius 1 is 1.38 bits per heavy atom. The van der Waals surface area contributed by atoms with Gasteiger partial charge in [-0.1, -0.05) is 12.1 Å². The summed E-state index contributed by atoms with van der Waals surface area (Å²) < 4.78 is 5.16. The van der Waals surface area contributed by atoms with E-state index in [9.17, 15) is 10.2 Å². The summed E-state index contributed by atoms with van der Waals surface area (Å²) in [6, 6.07) is 5.36. The van der Waals surface area contributed by atoms with Gasteiger partial charge >= 0.3 is 0 Å². The molecule has 2 N–H and O–H groups in total. The fraction of sp³-hybridized carbons (Fsp3) is 0.500. The van der Waals surface area contributed by atoms with Crippen molar-refractivity contribution in [2.75, 3.05) is 13.0 Å². The Hall–Kier alpha value is -0.770. The molecule has 0 aromatic heterocycles. The van der Waals surface area contributed by atoms with Crippen LogP contribution in [0.4, 0.5) is 0 Å². The first kappa shape index (κ1) is 13.3. The van der Waals surface area contributed by atoms with E-state index < -0.39 is 12.2 Å². The number of benzene rings is 1. The molecular formula is C12H17ClO3. The largest absolute Gasteiger partial charge is 0.496 e. The highest BCUT2D eigenvalue weighted by Gasteiger charge is 2.18. The Labute approximate surface area is 101 Å². The molecule has 0 radical (unpaired) electrons. The van der Waals surface area contributed by atoms with Gasteiger partial charge in [0.05, 0.1) is 13.2 Å². The van der Waals surface area contributed by atoms with Crippen LogP contribution in [0.25, 0.3) is 0 Å². The predicted octanol–water partition coefficient (Wildman–Crippen LogP) is 2.03. The van der Waals surface area contributed by atoms with Crippen molar-refractivity contribution in [1.29, 1.82) is 0 Å². The van der Waals surface area contributed by atoms with Crippen LogP contribution >= 0.6 is 11.6 Å². The molecule has 4 heteroatoms. The van der Waals surface area contributed by atoms with Crippen molar-refractivity contribution in [2.24, 2.45) is 0 Å². The summed E-state index contributed by atoms with van der Waals surface area (Å²) in [6.45, 7) is 1.92. The van der Waals surface area contributed by atoms with Crippen LogP contribution in [-0.2, 0) is 0 Å². The molecule has 0 amide bonds. The minimum Gasteiger partial charge on any atom is -0.496 e. The number of halogens is 1. The molecule has 0 saturated heterocycles. The summed E-state index contributed by atoms with van der Waals surface area (Å²) in [6.07, 6.45) is -1.41. The molecule has 2 atom stereocenters. The van der Waals surface area contributed by atoms with Crippen LogP contribution in [0, 0.1) is 6.92 Å². The summed E-state index contributed by atoms with van der Waals surface area (Å²) in [5.41, 5.74) is 1.63. The standard InChI is InChI=1S/C12H17ClO3/c1-8-3-4-9(7-11(8)16-2)12(15)10(14)5-6-13/h3-4,7,10,12,14-15H,5-6H2,1-2H3. The highest BCUT2D eigenvalue weighted by Crippen LogP contribution is 2.25. The zero-order valence-electron chi connectivity index (χ0n) is 9.48. The fourth-order valence-electron chi connectivity index (χ4n) is 1.51. The summed E-state index contributed by atoms with van der Waals surface area (Å²) in [5.74, 6) is 1.02. The van der Waals surface area contributed by atoms with E-state index in [0.29, 0.717) is 23.6 Å². The van der Waals surface area contributed by atoms with Crippen molar-refractivity contribution in [3.63, 3.8) is 0 Å². The summed E-state index contributed by atoms with van der Waals surface area (Å²) in [4.78, 5) is 0. The third kappa shape index (κ3) is 3.11. The lowest BCUT2D eigenvalue weighted by Gasteiger charge is -2.18. The summed E-state index contributed by atoms with van der Waals surface area (Å²) in [5, 5.41) is 19.5. The van der Waals surface area contributed by atoms with E-state index in [4.69, 9.17) is 16.3 Å². The average Bonchev–Trinajstić information content (AvgIpc) is 2.29. The van der Waals surface area contributed by atoms with Gasteiger partial charge in [0.1, 0.15) is 11.9 Å². The predicted molar refractivity (Wildman–Crippen MR) is 64.0 cm³/mol. The Kier molecular flexibility index (Phi) is 5.06. The van der Waals surface area contributed by atoms with Gasteiger partial charge in [0.25, 0.3) is 0 Å². The molecule has 0 saturated carbocycles. The van der Waals surface area contributed by atoms with Crippen LogP contribution < -0.4 is 4.74 Å². The number of hydrogen-bond donors (Lipinski definition) is 2. The molecule has 1 aromatic rings. The lowest BCUT2D eigenvalue weighted by Crippen LogP contribution is -2.18. The molecule has 0 fully saturated rings. The second-order valence-corrected chi connectivity index (χ2v) is 4.10. The first-order chi connectivity index (χ1) is 7.60. The van der Waals surface area contributed by atoms with Crippen LogP contribution in [-0.4, -0.2) is 29.3 Å². The van der Waals surface area contributed by atoms with Gasteiger partial charge in [-0.2, -0.15) is 0 Å². The molecule has 0 aliphatic rings. The highest BCUT2D eigenvalue weighted by molar-refractivity contribution is 6.17. The topological polar surface area (TPSA) is 49.7 Å². The minimum atomic E-state index is -0.923. The molecule has 3 nitrogen and oxygen atoms in total. The van der Waals surface area contributed by atoms with Gasteiger partial charge < -0.3 is 14.9 Å². The van der Waals surface area contributed by atoms with Gasteiger partial charge in [-0.15, -0.1) is 11.6 Å². The van der Waals surface area contributed by atoms with Gasteiger partial charge in [0.2, 0.25) is 0 Å². The fourth-order valence-corrected chi connectivity index (χ4v) is 1.74. The number of aliphatic hydroxyl groups excluding tert-OH is 2. The molecule has 1 rings (SSSR count). The van der Waals surface area contributed by atoms with Crippen molar-refractivity contribution >= 4 is 11.6 Å². The Morgan fingerprint density at radius 2 is 2.06 bits per heavy atom. The maximum absolute atomic E-state index is 9.87. The maximum Gasteiger partial charge on any atom is 0.122 e. The second kappa shape index (κ2) is 6.09. The summed E-state index contributed by atoms with van der Waals surface area (Å²) >= 11 is 5.52. The maximum atomic E-state index is 9.87. The normalized spacial score (nSPS) is 14.6. The molecule has 0 aliphatic carbocycles. The smallest absolute Gasteiger partial charge is 0.122 e. The van der Waals surface area contributed by atoms with Gasteiger partial charge in [0.15, 0.2) is 0 Å². The van der Waals surface area contributed by atoms with Gasteiger partial charge in [-0.3, -0.25) is 0 Å². The number of ether oxygens (including phenoxy) is 1. The lowest BCUT2D eigenvalue weighted by atomic mass is 10.0.